The Morgan fingerprint density at radius 3 is 2.78 bits per heavy atom. The van der Waals surface area contributed by atoms with Crippen molar-refractivity contribution in [3.05, 3.63) is 47.3 Å². The third-order valence-corrected chi connectivity index (χ3v) is 3.81. The smallest absolute Gasteiger partial charge is 0.257 e. The molecule has 0 fully saturated rings. The van der Waals surface area contributed by atoms with Gasteiger partial charge in [0, 0.05) is 30.5 Å². The van der Waals surface area contributed by atoms with Crippen LogP contribution in [0.3, 0.4) is 0 Å². The van der Waals surface area contributed by atoms with Crippen LogP contribution in [0.1, 0.15) is 39.3 Å². The first-order valence-corrected chi connectivity index (χ1v) is 7.67. The second-order valence-corrected chi connectivity index (χ2v) is 5.45. The normalized spacial score (nSPS) is 13.5. The Kier molecular flexibility index (Phi) is 4.43. The van der Waals surface area contributed by atoms with Crippen LogP contribution < -0.4 is 15.8 Å². The number of fused-ring (bicyclic) bond motifs is 1. The summed E-state index contributed by atoms with van der Waals surface area (Å²) in [5, 5.41) is 2.81. The summed E-state index contributed by atoms with van der Waals surface area (Å²) in [6.45, 7) is 0.897. The van der Waals surface area contributed by atoms with Crippen LogP contribution >= 0.6 is 0 Å². The van der Waals surface area contributed by atoms with Gasteiger partial charge in [-0.3, -0.25) is 9.59 Å². The van der Waals surface area contributed by atoms with E-state index in [1.165, 1.54) is 0 Å². The molecule has 23 heavy (non-hydrogen) atoms. The molecule has 1 aliphatic rings. The van der Waals surface area contributed by atoms with Gasteiger partial charge in [0.05, 0.1) is 11.1 Å². The van der Waals surface area contributed by atoms with E-state index in [0.29, 0.717) is 42.1 Å². The Hall–Kier alpha value is -2.60. The number of ketones is 1. The molecular formula is C17H19N3O3. The van der Waals surface area contributed by atoms with Crippen molar-refractivity contribution in [3.8, 4) is 5.75 Å². The second kappa shape index (κ2) is 6.66. The number of aromatic amines is 1. The predicted octanol–water partition coefficient (Wildman–Crippen LogP) is 2.12. The number of carbonyl (C=O) groups is 2. The summed E-state index contributed by atoms with van der Waals surface area (Å²) in [5.41, 5.74) is 7.83. The van der Waals surface area contributed by atoms with Crippen molar-refractivity contribution in [1.29, 1.82) is 0 Å². The minimum absolute atomic E-state index is 0.0307. The number of ether oxygens (including phenoxy) is 1. The molecule has 0 atom stereocenters. The molecule has 0 spiro atoms. The molecule has 0 unspecified atom stereocenters. The number of hydrogen-bond donors (Lipinski definition) is 3. The summed E-state index contributed by atoms with van der Waals surface area (Å²) in [5.74, 6) is 0.444. The number of benzene rings is 1. The van der Waals surface area contributed by atoms with Gasteiger partial charge in [0.15, 0.2) is 5.78 Å². The molecule has 1 aliphatic carbocycles. The number of nitrogens with two attached hydrogens (primary N) is 1. The number of Topliss-reactive ketones (excluding diaryl/α,β-unsaturated/α-hetero) is 1. The van der Waals surface area contributed by atoms with Crippen molar-refractivity contribution >= 4 is 17.4 Å². The molecule has 1 aromatic carbocycles. The molecule has 0 saturated carbocycles. The summed E-state index contributed by atoms with van der Waals surface area (Å²) < 4.78 is 5.39. The zero-order valence-corrected chi connectivity index (χ0v) is 12.7. The van der Waals surface area contributed by atoms with Crippen LogP contribution in [0.2, 0.25) is 0 Å². The molecule has 0 aliphatic heterocycles. The van der Waals surface area contributed by atoms with Crippen LogP contribution in [-0.2, 0) is 6.42 Å². The van der Waals surface area contributed by atoms with Gasteiger partial charge < -0.3 is 20.8 Å². The highest BCUT2D eigenvalue weighted by molar-refractivity contribution is 6.13. The highest BCUT2D eigenvalue weighted by Gasteiger charge is 2.25. The summed E-state index contributed by atoms with van der Waals surface area (Å²) in [7, 11) is 0. The van der Waals surface area contributed by atoms with Gasteiger partial charge in [-0.15, -0.1) is 0 Å². The molecule has 4 N–H and O–H groups in total. The van der Waals surface area contributed by atoms with Crippen molar-refractivity contribution in [1.82, 2.24) is 4.98 Å². The Morgan fingerprint density at radius 1 is 1.26 bits per heavy atom. The molecule has 0 bridgehead atoms. The lowest BCUT2D eigenvalue weighted by molar-refractivity contribution is 0.0956. The zero-order chi connectivity index (χ0) is 16.2. The summed E-state index contributed by atoms with van der Waals surface area (Å²) in [6, 6.07) is 7.04. The fraction of sp³-hybridized carbons (Fsp3) is 0.294. The third kappa shape index (κ3) is 3.27. The van der Waals surface area contributed by atoms with E-state index in [4.69, 9.17) is 10.5 Å². The largest absolute Gasteiger partial charge is 0.492 e. The van der Waals surface area contributed by atoms with E-state index >= 15 is 0 Å². The Balaban J connectivity index is 1.72. The van der Waals surface area contributed by atoms with Crippen LogP contribution in [0, 0.1) is 0 Å². The quantitative estimate of drug-likeness (QED) is 0.787. The number of hydrogen-bond acceptors (Lipinski definition) is 4. The van der Waals surface area contributed by atoms with Crippen LogP contribution in [0.25, 0.3) is 0 Å². The second-order valence-electron chi connectivity index (χ2n) is 5.45. The SMILES string of the molecule is NCCOc1ccc(NC(=O)c2c[nH]c3c2C(=O)CCC3)cc1. The molecule has 6 nitrogen and oxygen atoms in total. The van der Waals surface area contributed by atoms with Crippen molar-refractivity contribution in [2.24, 2.45) is 5.73 Å². The highest BCUT2D eigenvalue weighted by atomic mass is 16.5. The monoisotopic (exact) mass is 313 g/mol. The molecule has 3 rings (SSSR count). The molecule has 1 aromatic heterocycles. The van der Waals surface area contributed by atoms with Crippen LogP contribution in [0.4, 0.5) is 5.69 Å². The standard InChI is InChI=1S/C17H19N3O3/c18-8-9-23-12-6-4-11(5-7-12)20-17(22)13-10-19-14-2-1-3-15(21)16(13)14/h4-7,10,19H,1-3,8-9,18H2,(H,20,22). The lowest BCUT2D eigenvalue weighted by atomic mass is 9.93. The molecule has 1 amide bonds. The Bertz CT molecular complexity index is 719. The average Bonchev–Trinajstić information content (AvgIpc) is 3.00. The van der Waals surface area contributed by atoms with Crippen molar-refractivity contribution in [2.45, 2.75) is 19.3 Å². The van der Waals surface area contributed by atoms with E-state index < -0.39 is 0 Å². The first-order valence-electron chi connectivity index (χ1n) is 7.67. The van der Waals surface area contributed by atoms with Gasteiger partial charge in [0.2, 0.25) is 0 Å². The topological polar surface area (TPSA) is 97.2 Å². The molecule has 120 valence electrons. The van der Waals surface area contributed by atoms with E-state index in [2.05, 4.69) is 10.3 Å². The lowest BCUT2D eigenvalue weighted by Crippen LogP contribution is -2.17. The Labute approximate surface area is 134 Å². The number of H-pyrrole nitrogens is 1. The first-order chi connectivity index (χ1) is 11.2. The van der Waals surface area contributed by atoms with E-state index in [1.54, 1.807) is 30.5 Å². The number of carbonyl (C=O) groups excluding carboxylic acids is 2. The number of rotatable bonds is 5. The zero-order valence-electron chi connectivity index (χ0n) is 12.7. The highest BCUT2D eigenvalue weighted by Crippen LogP contribution is 2.25. The van der Waals surface area contributed by atoms with E-state index in [-0.39, 0.29) is 11.7 Å². The fourth-order valence-electron chi connectivity index (χ4n) is 2.72. The summed E-state index contributed by atoms with van der Waals surface area (Å²) >= 11 is 0. The van der Waals surface area contributed by atoms with Crippen molar-refractivity contribution < 1.29 is 14.3 Å². The van der Waals surface area contributed by atoms with Gasteiger partial charge in [-0.1, -0.05) is 0 Å². The Morgan fingerprint density at radius 2 is 2.04 bits per heavy atom. The van der Waals surface area contributed by atoms with Gasteiger partial charge in [-0.2, -0.15) is 0 Å². The maximum absolute atomic E-state index is 12.4. The number of amides is 1. The number of anilines is 1. The van der Waals surface area contributed by atoms with Crippen LogP contribution in [0.5, 0.6) is 5.75 Å². The van der Waals surface area contributed by atoms with Crippen LogP contribution in [-0.4, -0.2) is 29.8 Å². The van der Waals surface area contributed by atoms with Crippen LogP contribution in [0.15, 0.2) is 30.5 Å². The molecule has 1 heterocycles. The fourth-order valence-corrected chi connectivity index (χ4v) is 2.72. The van der Waals surface area contributed by atoms with Gasteiger partial charge in [-0.25, -0.2) is 0 Å². The maximum atomic E-state index is 12.4. The molecule has 0 radical (unpaired) electrons. The van der Waals surface area contributed by atoms with Crippen molar-refractivity contribution in [2.75, 3.05) is 18.5 Å². The summed E-state index contributed by atoms with van der Waals surface area (Å²) in [4.78, 5) is 27.5. The van der Waals surface area contributed by atoms with E-state index in [1.807, 2.05) is 0 Å². The van der Waals surface area contributed by atoms with Gasteiger partial charge in [0.1, 0.15) is 12.4 Å². The van der Waals surface area contributed by atoms with Gasteiger partial charge in [0.25, 0.3) is 5.91 Å². The molecule has 0 saturated heterocycles. The minimum Gasteiger partial charge on any atom is -0.492 e. The average molecular weight is 313 g/mol. The molecular weight excluding hydrogens is 294 g/mol. The van der Waals surface area contributed by atoms with Crippen molar-refractivity contribution in [3.63, 3.8) is 0 Å². The number of nitrogens with one attached hydrogen (secondary N) is 2. The lowest BCUT2D eigenvalue weighted by Gasteiger charge is -2.12. The van der Waals surface area contributed by atoms with E-state index in [9.17, 15) is 9.59 Å². The van der Waals surface area contributed by atoms with E-state index in [0.717, 1.165) is 18.5 Å². The predicted molar refractivity (Wildman–Crippen MR) is 87.0 cm³/mol. The molecule has 6 heteroatoms. The number of aryl methyl sites for hydroxylation is 1. The molecule has 2 aromatic rings. The maximum Gasteiger partial charge on any atom is 0.257 e. The van der Waals surface area contributed by atoms with Gasteiger partial charge in [-0.05, 0) is 37.1 Å². The first kappa shape index (κ1) is 15.3. The van der Waals surface area contributed by atoms with Gasteiger partial charge >= 0.3 is 0 Å². The minimum atomic E-state index is -0.284. The number of aromatic nitrogens is 1. The summed E-state index contributed by atoms with van der Waals surface area (Å²) in [6.07, 6.45) is 3.75. The third-order valence-electron chi connectivity index (χ3n) is 3.81.